The van der Waals surface area contributed by atoms with Crippen LogP contribution in [0.5, 0.6) is 23.0 Å². The number of ether oxygens (including phenoxy) is 5. The molecule has 29 heavy (non-hydrogen) atoms. The molecule has 2 rings (SSSR count). The quantitative estimate of drug-likeness (QED) is 0.416. The van der Waals surface area contributed by atoms with Crippen molar-refractivity contribution < 1.29 is 33.3 Å². The van der Waals surface area contributed by atoms with Gasteiger partial charge < -0.3 is 23.7 Å². The maximum absolute atomic E-state index is 12.5. The lowest BCUT2D eigenvalue weighted by atomic mass is 10.1. The second kappa shape index (κ2) is 10.9. The van der Waals surface area contributed by atoms with Crippen molar-refractivity contribution in [3.63, 3.8) is 0 Å². The Hall–Kier alpha value is -3.22. The van der Waals surface area contributed by atoms with Gasteiger partial charge in [0.1, 0.15) is 11.5 Å². The van der Waals surface area contributed by atoms with Crippen molar-refractivity contribution in [2.24, 2.45) is 0 Å². The third-order valence-electron chi connectivity index (χ3n) is 3.98. The summed E-state index contributed by atoms with van der Waals surface area (Å²) in [5.41, 5.74) is 0.575. The van der Waals surface area contributed by atoms with Gasteiger partial charge in [0, 0.05) is 6.07 Å². The van der Waals surface area contributed by atoms with Gasteiger partial charge in [-0.1, -0.05) is 6.92 Å². The van der Waals surface area contributed by atoms with Crippen molar-refractivity contribution in [3.8, 4) is 23.0 Å². The van der Waals surface area contributed by atoms with E-state index in [0.717, 1.165) is 6.42 Å². The van der Waals surface area contributed by atoms with E-state index in [9.17, 15) is 9.59 Å². The molecule has 2 aromatic carbocycles. The van der Waals surface area contributed by atoms with Gasteiger partial charge in [-0.2, -0.15) is 0 Å². The molecular weight excluding hydrogens is 376 g/mol. The lowest BCUT2D eigenvalue weighted by molar-refractivity contribution is 0.0473. The molecule has 7 nitrogen and oxygen atoms in total. The largest absolute Gasteiger partial charge is 0.497 e. The number of benzene rings is 2. The van der Waals surface area contributed by atoms with Gasteiger partial charge in [-0.05, 0) is 43.7 Å². The third-order valence-corrected chi connectivity index (χ3v) is 3.98. The van der Waals surface area contributed by atoms with Gasteiger partial charge >= 0.3 is 5.97 Å². The number of methoxy groups -OCH3 is 2. The minimum absolute atomic E-state index is 0.270. The fraction of sp³-hybridized carbons (Fsp3) is 0.364. The number of rotatable bonds is 11. The summed E-state index contributed by atoms with van der Waals surface area (Å²) in [6.07, 6.45) is 0.853. The average Bonchev–Trinajstić information content (AvgIpc) is 2.75. The summed E-state index contributed by atoms with van der Waals surface area (Å²) < 4.78 is 26.7. The van der Waals surface area contributed by atoms with Crippen molar-refractivity contribution in [1.29, 1.82) is 0 Å². The molecule has 0 saturated heterocycles. The molecule has 0 bridgehead atoms. The third kappa shape index (κ3) is 5.88. The van der Waals surface area contributed by atoms with Gasteiger partial charge in [-0.3, -0.25) is 4.79 Å². The Morgan fingerprint density at radius 2 is 1.66 bits per heavy atom. The molecule has 0 saturated carbocycles. The summed E-state index contributed by atoms with van der Waals surface area (Å²) in [6.45, 7) is 4.40. The van der Waals surface area contributed by atoms with E-state index in [0.29, 0.717) is 41.8 Å². The Morgan fingerprint density at radius 1 is 0.862 bits per heavy atom. The maximum atomic E-state index is 12.5. The first-order chi connectivity index (χ1) is 14.0. The molecule has 0 atom stereocenters. The Balaban J connectivity index is 2.08. The van der Waals surface area contributed by atoms with Crippen molar-refractivity contribution >= 4 is 11.8 Å². The van der Waals surface area contributed by atoms with E-state index in [2.05, 4.69) is 0 Å². The highest BCUT2D eigenvalue weighted by Crippen LogP contribution is 2.29. The molecule has 2 aromatic rings. The number of carbonyl (C=O) groups excluding carboxylic acids is 2. The Kier molecular flexibility index (Phi) is 8.33. The number of hydrogen-bond donors (Lipinski definition) is 0. The summed E-state index contributed by atoms with van der Waals surface area (Å²) in [6, 6.07) is 9.59. The summed E-state index contributed by atoms with van der Waals surface area (Å²) >= 11 is 0. The highest BCUT2D eigenvalue weighted by Gasteiger charge is 2.18. The summed E-state index contributed by atoms with van der Waals surface area (Å²) in [7, 11) is 2.97. The van der Waals surface area contributed by atoms with Crippen LogP contribution in [0, 0.1) is 0 Å². The highest BCUT2D eigenvalue weighted by atomic mass is 16.5. The molecule has 0 aromatic heterocycles. The van der Waals surface area contributed by atoms with Crippen LogP contribution >= 0.6 is 0 Å². The predicted molar refractivity (Wildman–Crippen MR) is 108 cm³/mol. The SMILES string of the molecule is CCCOc1ccc(C(=O)OCC(=O)c2ccc(OC)cc2OC)cc1OCC. The fourth-order valence-electron chi connectivity index (χ4n) is 2.56. The normalized spacial score (nSPS) is 10.2. The Labute approximate surface area is 170 Å². The number of esters is 1. The number of hydrogen-bond acceptors (Lipinski definition) is 7. The molecular formula is C22H26O7. The van der Waals surface area contributed by atoms with E-state index in [1.165, 1.54) is 14.2 Å². The van der Waals surface area contributed by atoms with Crippen molar-refractivity contribution in [2.45, 2.75) is 20.3 Å². The van der Waals surface area contributed by atoms with E-state index in [-0.39, 0.29) is 11.3 Å². The molecule has 0 unspecified atom stereocenters. The standard InChI is InChI=1S/C22H26O7/c1-5-11-28-19-10-7-15(12-21(19)27-6-2)22(24)29-14-18(23)17-9-8-16(25-3)13-20(17)26-4/h7-10,12-13H,5-6,11,14H2,1-4H3. The van der Waals surface area contributed by atoms with Crippen LogP contribution in [-0.2, 0) is 4.74 Å². The van der Waals surface area contributed by atoms with Crippen LogP contribution in [0.4, 0.5) is 0 Å². The van der Waals surface area contributed by atoms with Gasteiger partial charge in [-0.25, -0.2) is 4.79 Å². The van der Waals surface area contributed by atoms with E-state index in [1.54, 1.807) is 36.4 Å². The topological polar surface area (TPSA) is 80.3 Å². The van der Waals surface area contributed by atoms with Crippen LogP contribution in [0.1, 0.15) is 41.0 Å². The zero-order valence-corrected chi connectivity index (χ0v) is 17.2. The van der Waals surface area contributed by atoms with Crippen LogP contribution in [0.15, 0.2) is 36.4 Å². The number of carbonyl (C=O) groups is 2. The van der Waals surface area contributed by atoms with E-state index < -0.39 is 12.6 Å². The van der Waals surface area contributed by atoms with E-state index in [1.807, 2.05) is 13.8 Å². The molecule has 0 fully saturated rings. The smallest absolute Gasteiger partial charge is 0.338 e. The maximum Gasteiger partial charge on any atom is 0.338 e. The molecule has 0 heterocycles. The number of Topliss-reactive ketones (excluding diaryl/α,β-unsaturated/α-hetero) is 1. The minimum Gasteiger partial charge on any atom is -0.497 e. The molecule has 0 radical (unpaired) electrons. The first-order valence-corrected chi connectivity index (χ1v) is 9.36. The Morgan fingerprint density at radius 3 is 2.31 bits per heavy atom. The van der Waals surface area contributed by atoms with Crippen molar-refractivity contribution in [1.82, 2.24) is 0 Å². The molecule has 0 aliphatic carbocycles. The van der Waals surface area contributed by atoms with Gasteiger partial charge in [-0.15, -0.1) is 0 Å². The average molecular weight is 402 g/mol. The zero-order chi connectivity index (χ0) is 21.2. The first kappa shape index (κ1) is 22.1. The van der Waals surface area contributed by atoms with Gasteiger partial charge in [0.25, 0.3) is 0 Å². The molecule has 0 N–H and O–H groups in total. The highest BCUT2D eigenvalue weighted by molar-refractivity contribution is 6.01. The lowest BCUT2D eigenvalue weighted by Crippen LogP contribution is -2.15. The van der Waals surface area contributed by atoms with Crippen LogP contribution in [0.2, 0.25) is 0 Å². The first-order valence-electron chi connectivity index (χ1n) is 9.36. The molecule has 7 heteroatoms. The van der Waals surface area contributed by atoms with Crippen molar-refractivity contribution in [2.75, 3.05) is 34.0 Å². The van der Waals surface area contributed by atoms with Crippen LogP contribution < -0.4 is 18.9 Å². The molecule has 156 valence electrons. The Bertz CT molecular complexity index is 845. The number of ketones is 1. The van der Waals surface area contributed by atoms with E-state index >= 15 is 0 Å². The van der Waals surface area contributed by atoms with E-state index in [4.69, 9.17) is 23.7 Å². The predicted octanol–water partition coefficient (Wildman–Crippen LogP) is 3.93. The van der Waals surface area contributed by atoms with Crippen LogP contribution in [-0.4, -0.2) is 45.8 Å². The summed E-state index contributed by atoms with van der Waals surface area (Å²) in [4.78, 5) is 24.9. The second-order valence-corrected chi connectivity index (χ2v) is 6.01. The molecule has 0 amide bonds. The monoisotopic (exact) mass is 402 g/mol. The summed E-state index contributed by atoms with van der Waals surface area (Å²) in [5, 5.41) is 0. The molecule has 0 aliphatic heterocycles. The van der Waals surface area contributed by atoms with Gasteiger partial charge in [0.15, 0.2) is 18.1 Å². The lowest BCUT2D eigenvalue weighted by Gasteiger charge is -2.13. The molecule has 0 aliphatic rings. The fourth-order valence-corrected chi connectivity index (χ4v) is 2.56. The minimum atomic E-state index is -0.631. The van der Waals surface area contributed by atoms with Crippen LogP contribution in [0.25, 0.3) is 0 Å². The van der Waals surface area contributed by atoms with Gasteiger partial charge in [0.05, 0.1) is 38.6 Å². The van der Waals surface area contributed by atoms with Crippen LogP contribution in [0.3, 0.4) is 0 Å². The summed E-state index contributed by atoms with van der Waals surface area (Å²) in [5.74, 6) is 0.910. The second-order valence-electron chi connectivity index (χ2n) is 6.01. The zero-order valence-electron chi connectivity index (χ0n) is 17.2. The van der Waals surface area contributed by atoms with Crippen molar-refractivity contribution in [3.05, 3.63) is 47.5 Å². The molecule has 0 spiro atoms. The van der Waals surface area contributed by atoms with Gasteiger partial charge in [0.2, 0.25) is 5.78 Å².